The molecule has 0 radical (unpaired) electrons. The van der Waals surface area contributed by atoms with Crippen molar-refractivity contribution in [2.45, 2.75) is 13.3 Å². The highest BCUT2D eigenvalue weighted by Crippen LogP contribution is 2.25. The summed E-state index contributed by atoms with van der Waals surface area (Å²) in [4.78, 5) is 4.71. The monoisotopic (exact) mass is 348 g/mol. The molecule has 0 aliphatic carbocycles. The molecule has 3 rings (SSSR count). The molecule has 0 fully saturated rings. The molecule has 4 heteroatoms. The van der Waals surface area contributed by atoms with E-state index in [1.54, 1.807) is 0 Å². The van der Waals surface area contributed by atoms with E-state index in [0.29, 0.717) is 5.88 Å². The fourth-order valence-corrected chi connectivity index (χ4v) is 2.95. The van der Waals surface area contributed by atoms with Gasteiger partial charge in [0.25, 0.3) is 0 Å². The Labute approximate surface area is 131 Å². The molecule has 3 aromatic rings. The van der Waals surface area contributed by atoms with Crippen LogP contribution in [-0.2, 0) is 6.42 Å². The molecular formula is C16H14BrClN2. The van der Waals surface area contributed by atoms with Gasteiger partial charge in [0.1, 0.15) is 5.82 Å². The molecule has 0 saturated heterocycles. The van der Waals surface area contributed by atoms with Gasteiger partial charge in [0.2, 0.25) is 0 Å². The summed E-state index contributed by atoms with van der Waals surface area (Å²) in [5, 5.41) is 0. The maximum atomic E-state index is 5.92. The van der Waals surface area contributed by atoms with Crippen LogP contribution >= 0.6 is 27.5 Å². The van der Waals surface area contributed by atoms with Gasteiger partial charge in [0.05, 0.1) is 11.0 Å². The Hall–Kier alpha value is -1.32. The standard InChI is InChI=1S/C16H14BrClN2/c1-11-5-6-14-15(9-11)20(16(19-14)7-8-18)13-4-2-3-12(17)10-13/h2-6,9-10H,7-8H2,1H3. The fraction of sp³-hybridized carbons (Fsp3) is 0.188. The lowest BCUT2D eigenvalue weighted by Gasteiger charge is -2.09. The fourth-order valence-electron chi connectivity index (χ4n) is 2.39. The van der Waals surface area contributed by atoms with E-state index in [-0.39, 0.29) is 0 Å². The lowest BCUT2D eigenvalue weighted by molar-refractivity contribution is 0.912. The lowest BCUT2D eigenvalue weighted by Crippen LogP contribution is -2.02. The van der Waals surface area contributed by atoms with E-state index in [1.807, 2.05) is 12.1 Å². The van der Waals surface area contributed by atoms with Crippen LogP contribution in [0.2, 0.25) is 0 Å². The third-order valence-electron chi connectivity index (χ3n) is 3.26. The van der Waals surface area contributed by atoms with Crippen molar-refractivity contribution in [2.75, 3.05) is 5.88 Å². The van der Waals surface area contributed by atoms with E-state index in [0.717, 1.165) is 33.4 Å². The molecule has 0 aliphatic heterocycles. The highest BCUT2D eigenvalue weighted by atomic mass is 79.9. The van der Waals surface area contributed by atoms with Gasteiger partial charge in [-0.3, -0.25) is 4.57 Å². The zero-order valence-corrected chi connectivity index (χ0v) is 13.4. The first-order chi connectivity index (χ1) is 9.69. The summed E-state index contributed by atoms with van der Waals surface area (Å²) in [6, 6.07) is 14.6. The zero-order valence-electron chi connectivity index (χ0n) is 11.1. The Kier molecular flexibility index (Phi) is 3.81. The van der Waals surface area contributed by atoms with E-state index < -0.39 is 0 Å². The molecule has 0 saturated carbocycles. The number of fused-ring (bicyclic) bond motifs is 1. The third-order valence-corrected chi connectivity index (χ3v) is 3.95. The van der Waals surface area contributed by atoms with E-state index in [2.05, 4.69) is 57.8 Å². The molecule has 0 bridgehead atoms. The molecule has 2 nitrogen and oxygen atoms in total. The van der Waals surface area contributed by atoms with Gasteiger partial charge in [-0.1, -0.05) is 28.1 Å². The predicted octanol–water partition coefficient (Wildman–Crippen LogP) is 4.88. The van der Waals surface area contributed by atoms with Crippen molar-refractivity contribution in [2.24, 2.45) is 0 Å². The average molecular weight is 350 g/mol. The molecule has 0 N–H and O–H groups in total. The molecule has 1 aromatic heterocycles. The SMILES string of the molecule is Cc1ccc2nc(CCCl)n(-c3cccc(Br)c3)c2c1. The molecule has 0 amide bonds. The van der Waals surface area contributed by atoms with Crippen molar-refractivity contribution in [3.05, 3.63) is 58.3 Å². The van der Waals surface area contributed by atoms with Crippen LogP contribution in [0, 0.1) is 6.92 Å². The first-order valence-corrected chi connectivity index (χ1v) is 7.81. The van der Waals surface area contributed by atoms with Gasteiger partial charge < -0.3 is 0 Å². The van der Waals surface area contributed by atoms with Crippen LogP contribution in [0.25, 0.3) is 16.7 Å². The number of nitrogens with zero attached hydrogens (tertiary/aromatic N) is 2. The Balaban J connectivity index is 2.30. The van der Waals surface area contributed by atoms with Crippen LogP contribution < -0.4 is 0 Å². The Bertz CT molecular complexity index is 764. The summed E-state index contributed by atoms with van der Waals surface area (Å²) in [5.41, 5.74) is 4.47. The van der Waals surface area contributed by atoms with Gasteiger partial charge >= 0.3 is 0 Å². The maximum Gasteiger partial charge on any atom is 0.115 e. The summed E-state index contributed by atoms with van der Waals surface area (Å²) in [5.74, 6) is 1.56. The number of hydrogen-bond donors (Lipinski definition) is 0. The second-order valence-corrected chi connectivity index (χ2v) is 6.07. The number of imidazole rings is 1. The lowest BCUT2D eigenvalue weighted by atomic mass is 10.2. The van der Waals surface area contributed by atoms with Crippen LogP contribution in [0.5, 0.6) is 0 Å². The van der Waals surface area contributed by atoms with Crippen molar-refractivity contribution in [1.82, 2.24) is 9.55 Å². The number of aromatic nitrogens is 2. The Morgan fingerprint density at radius 2 is 2.05 bits per heavy atom. The Morgan fingerprint density at radius 1 is 1.20 bits per heavy atom. The second kappa shape index (κ2) is 5.58. The zero-order chi connectivity index (χ0) is 14.1. The van der Waals surface area contributed by atoms with Gasteiger partial charge in [-0.15, -0.1) is 11.6 Å². The van der Waals surface area contributed by atoms with Crippen LogP contribution in [0.4, 0.5) is 0 Å². The normalized spacial score (nSPS) is 11.2. The summed E-state index contributed by atoms with van der Waals surface area (Å²) in [6.45, 7) is 2.10. The van der Waals surface area contributed by atoms with Crippen LogP contribution in [0.1, 0.15) is 11.4 Å². The van der Waals surface area contributed by atoms with Gasteiger partial charge in [0, 0.05) is 22.5 Å². The van der Waals surface area contributed by atoms with E-state index >= 15 is 0 Å². The third kappa shape index (κ3) is 2.48. The molecule has 0 unspecified atom stereocenters. The minimum atomic E-state index is 0.566. The minimum Gasteiger partial charge on any atom is -0.296 e. The second-order valence-electron chi connectivity index (χ2n) is 4.77. The topological polar surface area (TPSA) is 17.8 Å². The van der Waals surface area contributed by atoms with E-state index in [1.165, 1.54) is 5.56 Å². The number of alkyl halides is 1. The van der Waals surface area contributed by atoms with Gasteiger partial charge in [-0.25, -0.2) is 4.98 Å². The molecule has 0 atom stereocenters. The van der Waals surface area contributed by atoms with Crippen molar-refractivity contribution in [3.63, 3.8) is 0 Å². The highest BCUT2D eigenvalue weighted by Gasteiger charge is 2.12. The number of aryl methyl sites for hydroxylation is 2. The average Bonchev–Trinajstić information content (AvgIpc) is 2.76. The minimum absolute atomic E-state index is 0.566. The van der Waals surface area contributed by atoms with Crippen molar-refractivity contribution in [3.8, 4) is 5.69 Å². The van der Waals surface area contributed by atoms with Gasteiger partial charge in [0.15, 0.2) is 0 Å². The smallest absolute Gasteiger partial charge is 0.115 e. The number of hydrogen-bond acceptors (Lipinski definition) is 1. The van der Waals surface area contributed by atoms with Gasteiger partial charge in [-0.05, 0) is 42.8 Å². The summed E-state index contributed by atoms with van der Waals surface area (Å²) in [6.07, 6.45) is 0.752. The van der Waals surface area contributed by atoms with Crippen molar-refractivity contribution >= 4 is 38.6 Å². The molecule has 1 heterocycles. The summed E-state index contributed by atoms with van der Waals surface area (Å²) >= 11 is 9.45. The van der Waals surface area contributed by atoms with Crippen molar-refractivity contribution < 1.29 is 0 Å². The van der Waals surface area contributed by atoms with E-state index in [9.17, 15) is 0 Å². The number of benzene rings is 2. The molecule has 0 aliphatic rings. The maximum absolute atomic E-state index is 5.92. The van der Waals surface area contributed by atoms with E-state index in [4.69, 9.17) is 16.6 Å². The van der Waals surface area contributed by atoms with Crippen LogP contribution in [-0.4, -0.2) is 15.4 Å². The van der Waals surface area contributed by atoms with Crippen LogP contribution in [0.3, 0.4) is 0 Å². The van der Waals surface area contributed by atoms with Gasteiger partial charge in [-0.2, -0.15) is 0 Å². The molecular weight excluding hydrogens is 336 g/mol. The summed E-state index contributed by atoms with van der Waals surface area (Å²) < 4.78 is 3.25. The largest absolute Gasteiger partial charge is 0.296 e. The first-order valence-electron chi connectivity index (χ1n) is 6.49. The molecule has 20 heavy (non-hydrogen) atoms. The predicted molar refractivity (Wildman–Crippen MR) is 87.9 cm³/mol. The number of halogens is 2. The quantitative estimate of drug-likeness (QED) is 0.616. The molecule has 102 valence electrons. The Morgan fingerprint density at radius 3 is 2.80 bits per heavy atom. The first kappa shape index (κ1) is 13.7. The van der Waals surface area contributed by atoms with Crippen molar-refractivity contribution in [1.29, 1.82) is 0 Å². The van der Waals surface area contributed by atoms with Crippen LogP contribution in [0.15, 0.2) is 46.9 Å². The summed E-state index contributed by atoms with van der Waals surface area (Å²) in [7, 11) is 0. The molecule has 0 spiro atoms. The highest BCUT2D eigenvalue weighted by molar-refractivity contribution is 9.10. The molecule has 2 aromatic carbocycles. The number of rotatable bonds is 3.